The van der Waals surface area contributed by atoms with E-state index in [9.17, 15) is 0 Å². The van der Waals surface area contributed by atoms with Crippen molar-refractivity contribution in [1.82, 2.24) is 9.80 Å². The van der Waals surface area contributed by atoms with Crippen LogP contribution in [0.4, 0.5) is 0 Å². The first-order valence-electron chi connectivity index (χ1n) is 7.06. The third kappa shape index (κ3) is 2.11. The van der Waals surface area contributed by atoms with Crippen molar-refractivity contribution < 1.29 is 0 Å². The monoisotopic (exact) mass is 257 g/mol. The van der Waals surface area contributed by atoms with Crippen molar-refractivity contribution in [2.24, 2.45) is 16.8 Å². The number of fused-ring (bicyclic) bond motifs is 3. The lowest BCUT2D eigenvalue weighted by molar-refractivity contribution is 0.477. The molecule has 0 radical (unpaired) electrons. The first-order chi connectivity index (χ1) is 9.09. The minimum atomic E-state index is 0.768. The third-order valence-electron chi connectivity index (χ3n) is 4.44. The van der Waals surface area contributed by atoms with Crippen LogP contribution in [0.25, 0.3) is 0 Å². The molecule has 0 heterocycles. The highest BCUT2D eigenvalue weighted by atomic mass is 15.3. The molecule has 3 heteroatoms. The Hall–Kier alpha value is -1.51. The fraction of sp³-hybridized carbons (Fsp3) is 0.562. The van der Waals surface area contributed by atoms with Crippen molar-refractivity contribution in [2.75, 3.05) is 34.7 Å². The normalized spacial score (nSPS) is 26.4. The second kappa shape index (κ2) is 4.55. The molecule has 1 saturated carbocycles. The Morgan fingerprint density at radius 1 is 1.16 bits per heavy atom. The average molecular weight is 257 g/mol. The summed E-state index contributed by atoms with van der Waals surface area (Å²) in [5.41, 5.74) is 3.15. The molecule has 19 heavy (non-hydrogen) atoms. The highest BCUT2D eigenvalue weighted by Crippen LogP contribution is 2.61. The molecule has 0 bridgehead atoms. The van der Waals surface area contributed by atoms with Crippen molar-refractivity contribution >= 4 is 5.96 Å². The van der Waals surface area contributed by atoms with Crippen molar-refractivity contribution in [2.45, 2.75) is 12.3 Å². The minimum absolute atomic E-state index is 0.768. The Bertz CT molecular complexity index is 494. The summed E-state index contributed by atoms with van der Waals surface area (Å²) in [6.07, 6.45) is 1.26. The number of rotatable bonds is 2. The van der Waals surface area contributed by atoms with Crippen LogP contribution in [0, 0.1) is 11.8 Å². The van der Waals surface area contributed by atoms with Crippen molar-refractivity contribution in [1.29, 1.82) is 0 Å². The molecule has 0 aromatic heterocycles. The van der Waals surface area contributed by atoms with Crippen molar-refractivity contribution in [3.8, 4) is 0 Å². The van der Waals surface area contributed by atoms with Gasteiger partial charge in [0.15, 0.2) is 5.96 Å². The molecule has 3 atom stereocenters. The zero-order chi connectivity index (χ0) is 13.6. The van der Waals surface area contributed by atoms with E-state index >= 15 is 0 Å². The summed E-state index contributed by atoms with van der Waals surface area (Å²) < 4.78 is 0. The summed E-state index contributed by atoms with van der Waals surface area (Å²) in [6.45, 7) is 0.968. The number of aliphatic imine (C=N–C) groups is 1. The summed E-state index contributed by atoms with van der Waals surface area (Å²) in [5, 5.41) is 0. The van der Waals surface area contributed by atoms with E-state index in [0.717, 1.165) is 30.3 Å². The maximum atomic E-state index is 4.81. The molecule has 2 aliphatic carbocycles. The van der Waals surface area contributed by atoms with Gasteiger partial charge in [0.2, 0.25) is 0 Å². The average Bonchev–Trinajstić information content (AvgIpc) is 2.89. The predicted molar refractivity (Wildman–Crippen MR) is 79.5 cm³/mol. The largest absolute Gasteiger partial charge is 0.349 e. The quantitative estimate of drug-likeness (QED) is 0.596. The van der Waals surface area contributed by atoms with E-state index in [0.29, 0.717) is 0 Å². The summed E-state index contributed by atoms with van der Waals surface area (Å²) in [5.74, 6) is 3.47. The number of nitrogens with zero attached hydrogens (tertiary/aromatic N) is 3. The Labute approximate surface area is 115 Å². The van der Waals surface area contributed by atoms with Gasteiger partial charge in [-0.05, 0) is 35.3 Å². The molecular formula is C16H23N3. The number of benzene rings is 1. The van der Waals surface area contributed by atoms with Crippen LogP contribution in [0.15, 0.2) is 29.3 Å². The number of hydrogen-bond acceptors (Lipinski definition) is 1. The van der Waals surface area contributed by atoms with Crippen LogP contribution in [0.1, 0.15) is 17.0 Å². The molecule has 2 aliphatic rings. The molecule has 3 rings (SSSR count). The molecule has 0 aliphatic heterocycles. The van der Waals surface area contributed by atoms with E-state index in [1.807, 2.05) is 0 Å². The zero-order valence-electron chi connectivity index (χ0n) is 12.3. The molecule has 0 saturated heterocycles. The van der Waals surface area contributed by atoms with Crippen LogP contribution in [-0.2, 0) is 6.42 Å². The van der Waals surface area contributed by atoms with Gasteiger partial charge in [0.25, 0.3) is 0 Å². The van der Waals surface area contributed by atoms with Gasteiger partial charge in [-0.1, -0.05) is 24.3 Å². The van der Waals surface area contributed by atoms with Gasteiger partial charge in [-0.3, -0.25) is 4.99 Å². The predicted octanol–water partition coefficient (Wildman–Crippen LogP) is 2.05. The van der Waals surface area contributed by atoms with Crippen molar-refractivity contribution in [3.63, 3.8) is 0 Å². The first kappa shape index (κ1) is 12.5. The van der Waals surface area contributed by atoms with Crippen LogP contribution in [-0.4, -0.2) is 50.5 Å². The van der Waals surface area contributed by atoms with E-state index < -0.39 is 0 Å². The van der Waals surface area contributed by atoms with E-state index in [2.05, 4.69) is 62.3 Å². The van der Waals surface area contributed by atoms with Crippen LogP contribution < -0.4 is 0 Å². The molecular weight excluding hydrogens is 234 g/mol. The molecule has 1 aromatic rings. The van der Waals surface area contributed by atoms with E-state index in [-0.39, 0.29) is 0 Å². The summed E-state index contributed by atoms with van der Waals surface area (Å²) in [4.78, 5) is 8.99. The van der Waals surface area contributed by atoms with Gasteiger partial charge in [0, 0.05) is 34.7 Å². The lowest BCUT2D eigenvalue weighted by Crippen LogP contribution is -2.35. The highest BCUT2D eigenvalue weighted by Gasteiger charge is 2.54. The van der Waals surface area contributed by atoms with Crippen LogP contribution in [0.3, 0.4) is 0 Å². The third-order valence-corrected chi connectivity index (χ3v) is 4.44. The zero-order valence-corrected chi connectivity index (χ0v) is 12.3. The molecule has 3 unspecified atom stereocenters. The van der Waals surface area contributed by atoms with Gasteiger partial charge in [-0.2, -0.15) is 0 Å². The first-order valence-corrected chi connectivity index (χ1v) is 7.06. The van der Waals surface area contributed by atoms with Crippen LogP contribution in [0.2, 0.25) is 0 Å². The second-order valence-corrected chi connectivity index (χ2v) is 6.19. The lowest BCUT2D eigenvalue weighted by atomic mass is 10.0. The van der Waals surface area contributed by atoms with Gasteiger partial charge in [-0.25, -0.2) is 0 Å². The van der Waals surface area contributed by atoms with Gasteiger partial charge in [-0.15, -0.1) is 0 Å². The molecule has 3 nitrogen and oxygen atoms in total. The van der Waals surface area contributed by atoms with Crippen LogP contribution >= 0.6 is 0 Å². The van der Waals surface area contributed by atoms with Gasteiger partial charge in [0.1, 0.15) is 0 Å². The molecule has 102 valence electrons. The fourth-order valence-electron chi connectivity index (χ4n) is 3.60. The maximum absolute atomic E-state index is 4.81. The lowest BCUT2D eigenvalue weighted by Gasteiger charge is -2.22. The SMILES string of the molecule is CN(C)C(=NCC1C2Cc3ccccc3C12)N(C)C. The van der Waals surface area contributed by atoms with E-state index in [1.165, 1.54) is 6.42 Å². The standard InChI is InChI=1S/C16H23N3/c1-18(2)16(19(3)4)17-10-14-13-9-11-7-5-6-8-12(11)15(13)14/h5-8,13-15H,9-10H2,1-4H3. The Morgan fingerprint density at radius 2 is 1.84 bits per heavy atom. The summed E-state index contributed by atoms with van der Waals surface area (Å²) in [6, 6.07) is 8.92. The topological polar surface area (TPSA) is 18.8 Å². The van der Waals surface area contributed by atoms with Gasteiger partial charge >= 0.3 is 0 Å². The molecule has 1 aromatic carbocycles. The Balaban J connectivity index is 1.68. The van der Waals surface area contributed by atoms with Crippen LogP contribution in [0.5, 0.6) is 0 Å². The van der Waals surface area contributed by atoms with Gasteiger partial charge < -0.3 is 9.80 Å². The molecule has 0 amide bonds. The molecule has 0 N–H and O–H groups in total. The van der Waals surface area contributed by atoms with Gasteiger partial charge in [0.05, 0.1) is 0 Å². The Kier molecular flexibility index (Phi) is 3.00. The van der Waals surface area contributed by atoms with Crippen molar-refractivity contribution in [3.05, 3.63) is 35.4 Å². The maximum Gasteiger partial charge on any atom is 0.195 e. The summed E-state index contributed by atoms with van der Waals surface area (Å²) >= 11 is 0. The van der Waals surface area contributed by atoms with E-state index in [1.54, 1.807) is 11.1 Å². The molecule has 1 fully saturated rings. The smallest absolute Gasteiger partial charge is 0.195 e. The highest BCUT2D eigenvalue weighted by molar-refractivity contribution is 5.79. The fourth-order valence-corrected chi connectivity index (χ4v) is 3.60. The number of guanidine groups is 1. The second-order valence-electron chi connectivity index (χ2n) is 6.19. The minimum Gasteiger partial charge on any atom is -0.349 e. The number of hydrogen-bond donors (Lipinski definition) is 0. The Morgan fingerprint density at radius 3 is 2.53 bits per heavy atom. The summed E-state index contributed by atoms with van der Waals surface area (Å²) in [7, 11) is 8.23. The molecule has 0 spiro atoms. The van der Waals surface area contributed by atoms with E-state index in [4.69, 9.17) is 4.99 Å².